The fraction of sp³-hybridized carbons (Fsp3) is 0.0625. The summed E-state index contributed by atoms with van der Waals surface area (Å²) in [5, 5.41) is 21.3. The Morgan fingerprint density at radius 2 is 1.80 bits per heavy atom. The van der Waals surface area contributed by atoms with Gasteiger partial charge in [0.2, 0.25) is 17.6 Å². The Kier molecular flexibility index (Phi) is 4.17. The predicted molar refractivity (Wildman–Crippen MR) is 92.1 cm³/mol. The van der Waals surface area contributed by atoms with E-state index in [4.69, 9.17) is 27.6 Å². The molecule has 4 rings (SSSR count). The predicted octanol–water partition coefficient (Wildman–Crippen LogP) is 3.75. The zero-order valence-corrected chi connectivity index (χ0v) is 14.2. The van der Waals surface area contributed by atoms with Crippen molar-refractivity contribution in [1.82, 2.24) is 30.4 Å². The van der Waals surface area contributed by atoms with E-state index in [1.807, 2.05) is 30.3 Å². The summed E-state index contributed by atoms with van der Waals surface area (Å²) < 4.78 is 5.63. The van der Waals surface area contributed by atoms with Crippen molar-refractivity contribution in [2.24, 2.45) is 0 Å². The van der Waals surface area contributed by atoms with Crippen LogP contribution in [0, 0.1) is 0 Å². The van der Waals surface area contributed by atoms with Crippen LogP contribution in [0.25, 0.3) is 22.8 Å². The number of halogens is 2. The Morgan fingerprint density at radius 3 is 2.60 bits per heavy atom. The van der Waals surface area contributed by atoms with Crippen molar-refractivity contribution in [3.05, 3.63) is 64.5 Å². The Bertz CT molecular complexity index is 1010. The highest BCUT2D eigenvalue weighted by Crippen LogP contribution is 2.29. The maximum absolute atomic E-state index is 6.15. The second-order valence-electron chi connectivity index (χ2n) is 5.13. The van der Waals surface area contributed by atoms with E-state index in [0.29, 0.717) is 33.2 Å². The molecule has 124 valence electrons. The summed E-state index contributed by atoms with van der Waals surface area (Å²) in [6.07, 6.45) is 0. The molecule has 0 atom stereocenters. The molecule has 0 aliphatic carbocycles. The summed E-state index contributed by atoms with van der Waals surface area (Å²) in [4.78, 5) is 1.39. The van der Waals surface area contributed by atoms with E-state index >= 15 is 0 Å². The van der Waals surface area contributed by atoms with Crippen LogP contribution in [-0.4, -0.2) is 30.4 Å². The van der Waals surface area contributed by atoms with Crippen LogP contribution < -0.4 is 0 Å². The van der Waals surface area contributed by atoms with Crippen molar-refractivity contribution in [2.45, 2.75) is 6.54 Å². The van der Waals surface area contributed by atoms with Gasteiger partial charge in [-0.05, 0) is 23.4 Å². The van der Waals surface area contributed by atoms with Crippen LogP contribution in [-0.2, 0) is 6.54 Å². The number of nitrogens with zero attached hydrogens (tertiary/aromatic N) is 6. The van der Waals surface area contributed by atoms with Gasteiger partial charge in [0.15, 0.2) is 0 Å². The average molecular weight is 373 g/mol. The number of rotatable bonds is 4. The summed E-state index contributed by atoms with van der Waals surface area (Å²) in [6.45, 7) is 0.206. The first-order valence-electron chi connectivity index (χ1n) is 7.30. The van der Waals surface area contributed by atoms with E-state index in [1.54, 1.807) is 18.2 Å². The van der Waals surface area contributed by atoms with Crippen LogP contribution in [0.4, 0.5) is 0 Å². The summed E-state index contributed by atoms with van der Waals surface area (Å²) in [7, 11) is 0. The fourth-order valence-corrected chi connectivity index (χ4v) is 2.71. The molecule has 0 spiro atoms. The zero-order chi connectivity index (χ0) is 17.2. The molecular weight excluding hydrogens is 363 g/mol. The monoisotopic (exact) mass is 372 g/mol. The van der Waals surface area contributed by atoms with Gasteiger partial charge < -0.3 is 4.42 Å². The van der Waals surface area contributed by atoms with E-state index in [-0.39, 0.29) is 6.54 Å². The maximum atomic E-state index is 6.15. The second kappa shape index (κ2) is 6.62. The standard InChI is InChI=1S/C16H10Cl2N6O/c17-11-6-7-12(13(18)8-11)16-21-19-14(25-16)9-24-22-15(20-23-24)10-4-2-1-3-5-10/h1-8H,9H2. The van der Waals surface area contributed by atoms with Crippen LogP contribution in [0.2, 0.25) is 10.0 Å². The molecule has 4 aromatic rings. The molecule has 0 fully saturated rings. The van der Waals surface area contributed by atoms with E-state index in [1.165, 1.54) is 4.80 Å². The van der Waals surface area contributed by atoms with Gasteiger partial charge in [-0.3, -0.25) is 0 Å². The Labute approximate surface area is 152 Å². The maximum Gasteiger partial charge on any atom is 0.249 e. The van der Waals surface area contributed by atoms with Crippen molar-refractivity contribution in [2.75, 3.05) is 0 Å². The molecule has 0 radical (unpaired) electrons. The highest BCUT2D eigenvalue weighted by molar-refractivity contribution is 6.36. The minimum Gasteiger partial charge on any atom is -0.419 e. The fourth-order valence-electron chi connectivity index (χ4n) is 2.22. The molecule has 0 N–H and O–H groups in total. The lowest BCUT2D eigenvalue weighted by Crippen LogP contribution is -2.04. The van der Waals surface area contributed by atoms with Crippen molar-refractivity contribution in [3.8, 4) is 22.8 Å². The SMILES string of the molecule is Clc1ccc(-c2nnc(Cn3nnc(-c4ccccc4)n3)o2)c(Cl)c1. The first kappa shape index (κ1) is 15.7. The number of tetrazole rings is 1. The summed E-state index contributed by atoms with van der Waals surface area (Å²) in [6, 6.07) is 14.6. The molecule has 0 aliphatic heterocycles. The average Bonchev–Trinajstić information content (AvgIpc) is 3.26. The highest BCUT2D eigenvalue weighted by Gasteiger charge is 2.14. The van der Waals surface area contributed by atoms with Crippen LogP contribution in [0.3, 0.4) is 0 Å². The third kappa shape index (κ3) is 3.38. The van der Waals surface area contributed by atoms with Crippen LogP contribution >= 0.6 is 23.2 Å². The zero-order valence-electron chi connectivity index (χ0n) is 12.7. The molecule has 25 heavy (non-hydrogen) atoms. The third-order valence-corrected chi connectivity index (χ3v) is 3.94. The van der Waals surface area contributed by atoms with Crippen molar-refractivity contribution >= 4 is 23.2 Å². The quantitative estimate of drug-likeness (QED) is 0.542. The molecule has 0 aliphatic rings. The minimum absolute atomic E-state index is 0.206. The number of hydrogen-bond donors (Lipinski definition) is 0. The van der Waals surface area contributed by atoms with E-state index in [0.717, 1.165) is 5.56 Å². The Hall–Kier alpha value is -2.77. The van der Waals surface area contributed by atoms with E-state index < -0.39 is 0 Å². The van der Waals surface area contributed by atoms with Gasteiger partial charge in [0.1, 0.15) is 6.54 Å². The molecule has 9 heteroatoms. The molecule has 0 saturated carbocycles. The first-order valence-corrected chi connectivity index (χ1v) is 8.06. The molecule has 0 unspecified atom stereocenters. The van der Waals surface area contributed by atoms with E-state index in [9.17, 15) is 0 Å². The van der Waals surface area contributed by atoms with Crippen molar-refractivity contribution in [3.63, 3.8) is 0 Å². The number of hydrogen-bond acceptors (Lipinski definition) is 6. The minimum atomic E-state index is 0.206. The Balaban J connectivity index is 1.55. The highest BCUT2D eigenvalue weighted by atomic mass is 35.5. The third-order valence-electron chi connectivity index (χ3n) is 3.39. The van der Waals surface area contributed by atoms with Gasteiger partial charge >= 0.3 is 0 Å². The second-order valence-corrected chi connectivity index (χ2v) is 5.98. The van der Waals surface area contributed by atoms with Crippen LogP contribution in [0.5, 0.6) is 0 Å². The van der Waals surface area contributed by atoms with Gasteiger partial charge in [-0.1, -0.05) is 53.5 Å². The number of benzene rings is 2. The lowest BCUT2D eigenvalue weighted by atomic mass is 10.2. The normalized spacial score (nSPS) is 11.0. The molecule has 0 bridgehead atoms. The molecule has 7 nitrogen and oxygen atoms in total. The van der Waals surface area contributed by atoms with Crippen molar-refractivity contribution < 1.29 is 4.42 Å². The molecule has 2 heterocycles. The van der Waals surface area contributed by atoms with E-state index in [2.05, 4.69) is 25.6 Å². The van der Waals surface area contributed by atoms with Gasteiger partial charge in [0.05, 0.1) is 10.6 Å². The number of aromatic nitrogens is 6. The molecule has 0 saturated heterocycles. The summed E-state index contributed by atoms with van der Waals surface area (Å²) in [5.41, 5.74) is 1.49. The van der Waals surface area contributed by atoms with Gasteiger partial charge in [0.25, 0.3) is 0 Å². The topological polar surface area (TPSA) is 82.5 Å². The summed E-state index contributed by atoms with van der Waals surface area (Å²) in [5.74, 6) is 1.18. The summed E-state index contributed by atoms with van der Waals surface area (Å²) >= 11 is 12.0. The molecular formula is C16H10Cl2N6O. The van der Waals surface area contributed by atoms with Crippen LogP contribution in [0.15, 0.2) is 52.9 Å². The largest absolute Gasteiger partial charge is 0.419 e. The van der Waals surface area contributed by atoms with Gasteiger partial charge in [0, 0.05) is 10.6 Å². The molecule has 2 aromatic heterocycles. The lowest BCUT2D eigenvalue weighted by molar-refractivity contribution is 0.446. The van der Waals surface area contributed by atoms with Gasteiger partial charge in [-0.25, -0.2) is 0 Å². The smallest absolute Gasteiger partial charge is 0.249 e. The van der Waals surface area contributed by atoms with Gasteiger partial charge in [-0.2, -0.15) is 4.80 Å². The van der Waals surface area contributed by atoms with Crippen LogP contribution in [0.1, 0.15) is 5.89 Å². The van der Waals surface area contributed by atoms with Crippen molar-refractivity contribution in [1.29, 1.82) is 0 Å². The lowest BCUT2D eigenvalue weighted by Gasteiger charge is -1.98. The van der Waals surface area contributed by atoms with Gasteiger partial charge in [-0.15, -0.1) is 20.4 Å². The Morgan fingerprint density at radius 1 is 0.960 bits per heavy atom. The molecule has 0 amide bonds. The first-order chi connectivity index (χ1) is 12.2. The molecule has 2 aromatic carbocycles.